The summed E-state index contributed by atoms with van der Waals surface area (Å²) in [6.07, 6.45) is 5.82. The van der Waals surface area contributed by atoms with Gasteiger partial charge in [-0.15, -0.1) is 0 Å². The first-order valence-electron chi connectivity index (χ1n) is 8.54. The normalized spacial score (nSPS) is 16.5. The van der Waals surface area contributed by atoms with Crippen molar-refractivity contribution in [2.24, 2.45) is 0 Å². The second-order valence-electron chi connectivity index (χ2n) is 6.40. The number of rotatable bonds is 8. The number of sulfonamides is 1. The summed E-state index contributed by atoms with van der Waals surface area (Å²) in [6, 6.07) is 1.67. The van der Waals surface area contributed by atoms with Gasteiger partial charge in [-0.3, -0.25) is 9.10 Å². The van der Waals surface area contributed by atoms with Gasteiger partial charge in [0.15, 0.2) is 11.6 Å². The molecule has 1 N–H and O–H groups in total. The van der Waals surface area contributed by atoms with E-state index in [0.717, 1.165) is 34.5 Å². The van der Waals surface area contributed by atoms with E-state index in [1.54, 1.807) is 0 Å². The van der Waals surface area contributed by atoms with Crippen LogP contribution in [-0.4, -0.2) is 44.2 Å². The Hall–Kier alpha value is -1.35. The summed E-state index contributed by atoms with van der Waals surface area (Å²) in [5.41, 5.74) is -0.0885. The minimum atomic E-state index is -3.86. The number of carbonyl (C=O) groups excluding carboxylic acids is 1. The molecule has 0 saturated heterocycles. The van der Waals surface area contributed by atoms with Crippen molar-refractivity contribution in [1.29, 1.82) is 0 Å². The third-order valence-corrected chi connectivity index (χ3v) is 6.93. The van der Waals surface area contributed by atoms with Gasteiger partial charge >= 0.3 is 0 Å². The molecule has 1 aromatic carbocycles. The van der Waals surface area contributed by atoms with Crippen LogP contribution in [-0.2, 0) is 14.8 Å². The first-order valence-corrected chi connectivity index (χ1v) is 11.4. The van der Waals surface area contributed by atoms with Gasteiger partial charge < -0.3 is 5.32 Å². The molecular formula is C17H24F2N2O3S2. The van der Waals surface area contributed by atoms with Gasteiger partial charge in [0, 0.05) is 23.6 Å². The smallest absolute Gasteiger partial charge is 0.243 e. The van der Waals surface area contributed by atoms with Crippen LogP contribution >= 0.6 is 11.8 Å². The van der Waals surface area contributed by atoms with Crippen molar-refractivity contribution in [3.63, 3.8) is 0 Å². The number of hydrogen-bond acceptors (Lipinski definition) is 4. The van der Waals surface area contributed by atoms with Crippen LogP contribution < -0.4 is 9.62 Å². The van der Waals surface area contributed by atoms with Gasteiger partial charge in [-0.25, -0.2) is 17.2 Å². The number of halogens is 2. The van der Waals surface area contributed by atoms with E-state index in [2.05, 4.69) is 5.32 Å². The van der Waals surface area contributed by atoms with E-state index in [1.807, 2.05) is 11.8 Å². The topological polar surface area (TPSA) is 66.5 Å². The van der Waals surface area contributed by atoms with E-state index in [4.69, 9.17) is 0 Å². The highest BCUT2D eigenvalue weighted by Gasteiger charge is 2.29. The maximum absolute atomic E-state index is 13.5. The fourth-order valence-electron chi connectivity index (χ4n) is 3.03. The summed E-state index contributed by atoms with van der Waals surface area (Å²) in [6.45, 7) is 1.85. The molecule has 0 heterocycles. The maximum atomic E-state index is 13.5. The molecule has 0 bridgehead atoms. The molecule has 0 aliphatic heterocycles. The Morgan fingerprint density at radius 2 is 1.96 bits per heavy atom. The Balaban J connectivity index is 2.00. The maximum Gasteiger partial charge on any atom is 0.243 e. The molecular weight excluding hydrogens is 382 g/mol. The average Bonchev–Trinajstić information content (AvgIpc) is 3.07. The molecule has 26 heavy (non-hydrogen) atoms. The zero-order chi connectivity index (χ0) is 19.3. The highest BCUT2D eigenvalue weighted by Crippen LogP contribution is 2.29. The SMILES string of the molecule is CC(C(=O)NCCSC1CCCC1)N(c1ccc(F)c(F)c1)S(C)(=O)=O. The molecule has 0 radical (unpaired) electrons. The first-order chi connectivity index (χ1) is 12.2. The number of benzene rings is 1. The second kappa shape index (κ2) is 9.03. The van der Waals surface area contributed by atoms with Gasteiger partial charge in [-0.05, 0) is 31.9 Å². The molecule has 2 rings (SSSR count). The van der Waals surface area contributed by atoms with Gasteiger partial charge in [0.2, 0.25) is 15.9 Å². The molecule has 9 heteroatoms. The molecule has 1 aromatic rings. The molecule has 0 aromatic heterocycles. The van der Waals surface area contributed by atoms with Crippen molar-refractivity contribution < 1.29 is 22.0 Å². The van der Waals surface area contributed by atoms with Crippen LogP contribution in [0.2, 0.25) is 0 Å². The van der Waals surface area contributed by atoms with Crippen molar-refractivity contribution in [3.8, 4) is 0 Å². The van der Waals surface area contributed by atoms with Crippen LogP contribution in [0.25, 0.3) is 0 Å². The Kier molecular flexibility index (Phi) is 7.28. The zero-order valence-electron chi connectivity index (χ0n) is 14.9. The van der Waals surface area contributed by atoms with Crippen LogP contribution in [0.3, 0.4) is 0 Å². The third-order valence-electron chi connectivity index (χ3n) is 4.30. The van der Waals surface area contributed by atoms with Gasteiger partial charge in [0.1, 0.15) is 6.04 Å². The van der Waals surface area contributed by atoms with E-state index in [-0.39, 0.29) is 5.69 Å². The highest BCUT2D eigenvalue weighted by molar-refractivity contribution is 7.99. The number of thioether (sulfide) groups is 1. The molecule has 0 spiro atoms. The van der Waals surface area contributed by atoms with Crippen LogP contribution in [0.15, 0.2) is 18.2 Å². The van der Waals surface area contributed by atoms with E-state index < -0.39 is 33.6 Å². The number of nitrogens with zero attached hydrogens (tertiary/aromatic N) is 1. The monoisotopic (exact) mass is 406 g/mol. The van der Waals surface area contributed by atoms with Crippen molar-refractivity contribution in [2.75, 3.05) is 22.9 Å². The fourth-order valence-corrected chi connectivity index (χ4v) is 5.42. The number of carbonyl (C=O) groups is 1. The lowest BCUT2D eigenvalue weighted by molar-refractivity contribution is -0.121. The van der Waals surface area contributed by atoms with E-state index in [1.165, 1.54) is 32.6 Å². The van der Waals surface area contributed by atoms with Crippen LogP contribution in [0.1, 0.15) is 32.6 Å². The largest absolute Gasteiger partial charge is 0.353 e. The lowest BCUT2D eigenvalue weighted by atomic mass is 10.2. The minimum absolute atomic E-state index is 0.0885. The summed E-state index contributed by atoms with van der Waals surface area (Å²) < 4.78 is 51.6. The molecule has 146 valence electrons. The lowest BCUT2D eigenvalue weighted by Crippen LogP contribution is -2.48. The van der Waals surface area contributed by atoms with E-state index in [9.17, 15) is 22.0 Å². The second-order valence-corrected chi connectivity index (χ2v) is 9.67. The fraction of sp³-hybridized carbons (Fsp3) is 0.588. The van der Waals surface area contributed by atoms with Crippen LogP contribution in [0.5, 0.6) is 0 Å². The molecule has 1 saturated carbocycles. The van der Waals surface area contributed by atoms with Gasteiger partial charge in [0.05, 0.1) is 11.9 Å². The molecule has 5 nitrogen and oxygen atoms in total. The van der Waals surface area contributed by atoms with Crippen molar-refractivity contribution in [3.05, 3.63) is 29.8 Å². The zero-order valence-corrected chi connectivity index (χ0v) is 16.5. The number of hydrogen-bond donors (Lipinski definition) is 1. The molecule has 1 unspecified atom stereocenters. The van der Waals surface area contributed by atoms with Gasteiger partial charge in [0.25, 0.3) is 0 Å². The molecule has 1 atom stereocenters. The van der Waals surface area contributed by atoms with Crippen molar-refractivity contribution >= 4 is 33.4 Å². The summed E-state index contributed by atoms with van der Waals surface area (Å²) in [5, 5.41) is 3.36. The van der Waals surface area contributed by atoms with E-state index >= 15 is 0 Å². The standard InChI is InChI=1S/C17H24F2N2O3S2/c1-12(17(22)20-9-10-25-14-5-3-4-6-14)21(26(2,23)24)13-7-8-15(18)16(19)11-13/h7-8,11-12,14H,3-6,9-10H2,1-2H3,(H,20,22). The summed E-state index contributed by atoms with van der Waals surface area (Å²) in [7, 11) is -3.86. The van der Waals surface area contributed by atoms with Crippen molar-refractivity contribution in [1.82, 2.24) is 5.32 Å². The lowest BCUT2D eigenvalue weighted by Gasteiger charge is -2.28. The highest BCUT2D eigenvalue weighted by atomic mass is 32.2. The Morgan fingerprint density at radius 1 is 1.31 bits per heavy atom. The summed E-state index contributed by atoms with van der Waals surface area (Å²) >= 11 is 1.81. The van der Waals surface area contributed by atoms with Crippen LogP contribution in [0.4, 0.5) is 14.5 Å². The van der Waals surface area contributed by atoms with Crippen molar-refractivity contribution in [2.45, 2.75) is 43.9 Å². The molecule has 1 aliphatic carbocycles. The summed E-state index contributed by atoms with van der Waals surface area (Å²) in [4.78, 5) is 12.4. The Bertz CT molecular complexity index is 738. The molecule has 1 fully saturated rings. The quantitative estimate of drug-likeness (QED) is 0.674. The third kappa shape index (κ3) is 5.57. The van der Waals surface area contributed by atoms with Gasteiger partial charge in [-0.1, -0.05) is 12.8 Å². The predicted molar refractivity (Wildman–Crippen MR) is 101 cm³/mol. The van der Waals surface area contributed by atoms with Crippen LogP contribution in [0, 0.1) is 11.6 Å². The first kappa shape index (κ1) is 21.0. The predicted octanol–water partition coefficient (Wildman–Crippen LogP) is 2.91. The molecule has 1 amide bonds. The average molecular weight is 407 g/mol. The molecule has 1 aliphatic rings. The van der Waals surface area contributed by atoms with Gasteiger partial charge in [-0.2, -0.15) is 11.8 Å². The number of anilines is 1. The summed E-state index contributed by atoms with van der Waals surface area (Å²) in [5.74, 6) is -1.97. The number of amides is 1. The van der Waals surface area contributed by atoms with E-state index in [0.29, 0.717) is 11.8 Å². The Morgan fingerprint density at radius 3 is 2.54 bits per heavy atom. The number of nitrogens with one attached hydrogen (secondary N) is 1. The Labute approximate surface area is 157 Å². The minimum Gasteiger partial charge on any atom is -0.353 e.